The summed E-state index contributed by atoms with van der Waals surface area (Å²) in [6.45, 7) is 1.25. The molecule has 0 radical (unpaired) electrons. The van der Waals surface area contributed by atoms with Gasteiger partial charge in [0, 0.05) is 0 Å². The van der Waals surface area contributed by atoms with E-state index in [1.165, 1.54) is 14.0 Å². The van der Waals surface area contributed by atoms with Crippen LogP contribution in [-0.2, 0) is 6.18 Å². The van der Waals surface area contributed by atoms with Crippen molar-refractivity contribution in [2.45, 2.75) is 19.5 Å². The Balaban J connectivity index is 3.42. The molecule has 0 saturated carbocycles. The summed E-state index contributed by atoms with van der Waals surface area (Å²) in [5.74, 6) is -0.0942. The van der Waals surface area contributed by atoms with Gasteiger partial charge in [-0.15, -0.1) is 0 Å². The van der Waals surface area contributed by atoms with Gasteiger partial charge in [-0.05, 0) is 13.0 Å². The average molecular weight is 241 g/mol. The molecule has 0 N–H and O–H groups in total. The molecule has 0 atom stereocenters. The van der Waals surface area contributed by atoms with E-state index in [0.29, 0.717) is 6.07 Å². The fourth-order valence-corrected chi connectivity index (χ4v) is 1.20. The number of nitrogens with zero attached hydrogens (tertiary/aromatic N) is 1. The van der Waals surface area contributed by atoms with Crippen molar-refractivity contribution in [3.05, 3.63) is 23.0 Å². The second kappa shape index (κ2) is 4.23. The van der Waals surface area contributed by atoms with Crippen LogP contribution in [0, 0.1) is 6.92 Å². The Morgan fingerprint density at radius 2 is 1.88 bits per heavy atom. The number of methoxy groups -OCH3 is 1. The quantitative estimate of drug-likeness (QED) is 0.740. The largest absolute Gasteiger partial charge is 0.495 e. The normalized spacial score (nSPS) is 12.0. The van der Waals surface area contributed by atoms with Crippen LogP contribution in [0.25, 0.3) is 0 Å². The summed E-state index contributed by atoms with van der Waals surface area (Å²) in [4.78, 5) is 3.11. The van der Waals surface area contributed by atoms with Gasteiger partial charge in [-0.3, -0.25) is 0 Å². The van der Waals surface area contributed by atoms with Gasteiger partial charge in [0.25, 0.3) is 6.43 Å². The Labute approximate surface area is 88.1 Å². The van der Waals surface area contributed by atoms with Crippen molar-refractivity contribution in [1.82, 2.24) is 4.98 Å². The molecule has 0 amide bonds. The third kappa shape index (κ3) is 2.40. The van der Waals surface area contributed by atoms with E-state index in [4.69, 9.17) is 0 Å². The van der Waals surface area contributed by atoms with Crippen LogP contribution in [0.15, 0.2) is 6.07 Å². The van der Waals surface area contributed by atoms with E-state index in [9.17, 15) is 22.0 Å². The minimum absolute atomic E-state index is 0.0841. The maximum atomic E-state index is 12.4. The van der Waals surface area contributed by atoms with Crippen LogP contribution < -0.4 is 4.74 Å². The first-order valence-corrected chi connectivity index (χ1v) is 4.18. The van der Waals surface area contributed by atoms with Crippen molar-refractivity contribution in [2.75, 3.05) is 7.11 Å². The highest BCUT2D eigenvalue weighted by molar-refractivity contribution is 5.36. The number of aryl methyl sites for hydroxylation is 1. The number of pyridine rings is 1. The van der Waals surface area contributed by atoms with Crippen LogP contribution in [0.5, 0.6) is 5.75 Å². The first kappa shape index (κ1) is 12.7. The molecule has 16 heavy (non-hydrogen) atoms. The summed E-state index contributed by atoms with van der Waals surface area (Å²) in [5, 5.41) is 0. The van der Waals surface area contributed by atoms with Crippen LogP contribution in [0.4, 0.5) is 22.0 Å². The number of hydrogen-bond donors (Lipinski definition) is 0. The lowest BCUT2D eigenvalue weighted by atomic mass is 10.1. The Morgan fingerprint density at radius 3 is 2.25 bits per heavy atom. The molecule has 0 fully saturated rings. The van der Waals surface area contributed by atoms with Crippen molar-refractivity contribution in [2.24, 2.45) is 0 Å². The minimum Gasteiger partial charge on any atom is -0.495 e. The fraction of sp³-hybridized carbons (Fsp3) is 0.444. The number of aromatic nitrogens is 1. The summed E-state index contributed by atoms with van der Waals surface area (Å²) < 4.78 is 66.6. The zero-order chi connectivity index (χ0) is 12.5. The van der Waals surface area contributed by atoms with Crippen LogP contribution in [0.2, 0.25) is 0 Å². The van der Waals surface area contributed by atoms with Gasteiger partial charge in [-0.1, -0.05) is 0 Å². The Bertz CT molecular complexity index is 388. The predicted octanol–water partition coefficient (Wildman–Crippen LogP) is 3.36. The summed E-state index contributed by atoms with van der Waals surface area (Å²) in [6, 6.07) is 0.663. The number of ether oxygens (including phenoxy) is 1. The maximum Gasteiger partial charge on any atom is 0.433 e. The monoisotopic (exact) mass is 241 g/mol. The molecule has 7 heteroatoms. The molecule has 0 bridgehead atoms. The van der Waals surface area contributed by atoms with E-state index in [1.807, 2.05) is 0 Å². The summed E-state index contributed by atoms with van der Waals surface area (Å²) in [5.41, 5.74) is -2.82. The van der Waals surface area contributed by atoms with Crippen LogP contribution >= 0.6 is 0 Å². The number of halogens is 5. The zero-order valence-electron chi connectivity index (χ0n) is 8.40. The van der Waals surface area contributed by atoms with Gasteiger partial charge in [0.2, 0.25) is 0 Å². The zero-order valence-corrected chi connectivity index (χ0v) is 8.40. The van der Waals surface area contributed by atoms with E-state index >= 15 is 0 Å². The molecule has 0 aliphatic rings. The first-order chi connectivity index (χ1) is 7.27. The van der Waals surface area contributed by atoms with Gasteiger partial charge in [0.15, 0.2) is 5.69 Å². The molecular weight excluding hydrogens is 233 g/mol. The van der Waals surface area contributed by atoms with Crippen molar-refractivity contribution < 1.29 is 26.7 Å². The van der Waals surface area contributed by atoms with E-state index in [0.717, 1.165) is 0 Å². The van der Waals surface area contributed by atoms with Gasteiger partial charge in [-0.2, -0.15) is 13.2 Å². The Kier molecular flexibility index (Phi) is 3.35. The lowest BCUT2D eigenvalue weighted by Gasteiger charge is -2.14. The third-order valence-corrected chi connectivity index (χ3v) is 1.92. The second-order valence-corrected chi connectivity index (χ2v) is 3.01. The average Bonchev–Trinajstić information content (AvgIpc) is 2.15. The van der Waals surface area contributed by atoms with Crippen molar-refractivity contribution in [3.8, 4) is 5.75 Å². The summed E-state index contributed by atoms with van der Waals surface area (Å²) in [6.07, 6.45) is -8.15. The minimum atomic E-state index is -4.90. The van der Waals surface area contributed by atoms with Gasteiger partial charge in [-0.25, -0.2) is 13.8 Å². The SMILES string of the molecule is COc1cc(C(F)F)c(C(F)(F)F)nc1C. The molecule has 1 heterocycles. The standard InChI is InChI=1S/C9H8F5NO/c1-4-6(16-2)3-5(8(10)11)7(15-4)9(12,13)14/h3,8H,1-2H3. The van der Waals surface area contributed by atoms with E-state index in [2.05, 4.69) is 9.72 Å². The lowest BCUT2D eigenvalue weighted by Crippen LogP contribution is -2.14. The smallest absolute Gasteiger partial charge is 0.433 e. The highest BCUT2D eigenvalue weighted by atomic mass is 19.4. The van der Waals surface area contributed by atoms with E-state index in [-0.39, 0.29) is 11.4 Å². The van der Waals surface area contributed by atoms with Gasteiger partial charge in [0.05, 0.1) is 18.4 Å². The summed E-state index contributed by atoms with van der Waals surface area (Å²) >= 11 is 0. The molecular formula is C9H8F5NO. The molecule has 1 rings (SSSR count). The van der Waals surface area contributed by atoms with Crippen molar-refractivity contribution >= 4 is 0 Å². The molecule has 0 spiro atoms. The van der Waals surface area contributed by atoms with Gasteiger partial charge in [0.1, 0.15) is 5.75 Å². The summed E-state index contributed by atoms with van der Waals surface area (Å²) in [7, 11) is 1.17. The van der Waals surface area contributed by atoms with Crippen LogP contribution in [0.1, 0.15) is 23.4 Å². The highest BCUT2D eigenvalue weighted by Gasteiger charge is 2.38. The Morgan fingerprint density at radius 1 is 1.31 bits per heavy atom. The second-order valence-electron chi connectivity index (χ2n) is 3.01. The van der Waals surface area contributed by atoms with Crippen LogP contribution in [-0.4, -0.2) is 12.1 Å². The van der Waals surface area contributed by atoms with Gasteiger partial charge < -0.3 is 4.74 Å². The molecule has 0 aliphatic carbocycles. The number of rotatable bonds is 2. The van der Waals surface area contributed by atoms with Crippen molar-refractivity contribution in [1.29, 1.82) is 0 Å². The van der Waals surface area contributed by atoms with E-state index < -0.39 is 23.9 Å². The fourth-order valence-electron chi connectivity index (χ4n) is 1.20. The molecule has 2 nitrogen and oxygen atoms in total. The van der Waals surface area contributed by atoms with E-state index in [1.54, 1.807) is 0 Å². The molecule has 1 aromatic rings. The Hall–Kier alpha value is -1.40. The first-order valence-electron chi connectivity index (χ1n) is 4.18. The van der Waals surface area contributed by atoms with Crippen LogP contribution in [0.3, 0.4) is 0 Å². The third-order valence-electron chi connectivity index (χ3n) is 1.92. The predicted molar refractivity (Wildman–Crippen MR) is 45.5 cm³/mol. The van der Waals surface area contributed by atoms with Gasteiger partial charge >= 0.3 is 6.18 Å². The lowest BCUT2D eigenvalue weighted by molar-refractivity contribution is -0.143. The molecule has 0 unspecified atom stereocenters. The molecule has 0 aliphatic heterocycles. The molecule has 90 valence electrons. The molecule has 0 saturated heterocycles. The topological polar surface area (TPSA) is 22.1 Å². The maximum absolute atomic E-state index is 12.4. The van der Waals surface area contributed by atoms with Crippen molar-refractivity contribution in [3.63, 3.8) is 0 Å². The number of hydrogen-bond acceptors (Lipinski definition) is 2. The molecule has 1 aromatic heterocycles. The highest BCUT2D eigenvalue weighted by Crippen LogP contribution is 2.37. The number of alkyl halides is 5. The molecule has 0 aromatic carbocycles.